The first-order chi connectivity index (χ1) is 6.16. The molecule has 0 saturated heterocycles. The van der Waals surface area contributed by atoms with Crippen LogP contribution in [0.15, 0.2) is 35.1 Å². The molecule has 1 aromatic heterocycles. The molecule has 0 unspecified atom stereocenters. The third kappa shape index (κ3) is 1.62. The van der Waals surface area contributed by atoms with Gasteiger partial charge in [0.1, 0.15) is 0 Å². The lowest BCUT2D eigenvalue weighted by Gasteiger charge is -1.97. The zero-order valence-electron chi connectivity index (χ0n) is 6.54. The van der Waals surface area contributed by atoms with Gasteiger partial charge >= 0.3 is 0 Å². The van der Waals surface area contributed by atoms with Crippen LogP contribution in [-0.4, -0.2) is 5.21 Å². The van der Waals surface area contributed by atoms with Crippen LogP contribution in [0.5, 0.6) is 0 Å². The summed E-state index contributed by atoms with van der Waals surface area (Å²) in [6.45, 7) is 0. The van der Waals surface area contributed by atoms with Crippen molar-refractivity contribution < 1.29 is 9.94 Å². The van der Waals surface area contributed by atoms with Crippen LogP contribution < -0.4 is 4.73 Å². The Hall–Kier alpha value is -0.800. The lowest BCUT2D eigenvalue weighted by Crippen LogP contribution is -2.27. The Balaban J connectivity index is 2.81. The standard InChI is InChI=1S/C9H6BrClNO/c10-8-3-6-1-2-12(13)5-7(6)4-9(8)11/h1-5,13H/q+1. The highest BCUT2D eigenvalue weighted by Crippen LogP contribution is 2.27. The summed E-state index contributed by atoms with van der Waals surface area (Å²) in [6, 6.07) is 5.53. The Kier molecular flexibility index (Phi) is 2.14. The van der Waals surface area contributed by atoms with Crippen molar-refractivity contribution in [2.45, 2.75) is 0 Å². The fourth-order valence-electron chi connectivity index (χ4n) is 1.18. The molecule has 0 spiro atoms. The van der Waals surface area contributed by atoms with Gasteiger partial charge in [0.25, 0.3) is 0 Å². The summed E-state index contributed by atoms with van der Waals surface area (Å²) in [5, 5.41) is 11.7. The van der Waals surface area contributed by atoms with Crippen molar-refractivity contribution in [2.24, 2.45) is 0 Å². The summed E-state index contributed by atoms with van der Waals surface area (Å²) in [4.78, 5) is 0. The second-order valence-electron chi connectivity index (χ2n) is 2.72. The topological polar surface area (TPSA) is 24.1 Å². The first kappa shape index (κ1) is 8.78. The zero-order valence-corrected chi connectivity index (χ0v) is 8.88. The van der Waals surface area contributed by atoms with Gasteiger partial charge in [-0.25, -0.2) is 0 Å². The van der Waals surface area contributed by atoms with E-state index >= 15 is 0 Å². The van der Waals surface area contributed by atoms with Crippen LogP contribution in [0.3, 0.4) is 0 Å². The Morgan fingerprint density at radius 2 is 2.08 bits per heavy atom. The van der Waals surface area contributed by atoms with E-state index in [0.717, 1.165) is 20.0 Å². The number of pyridine rings is 1. The van der Waals surface area contributed by atoms with Gasteiger partial charge in [0.15, 0.2) is 0 Å². The third-order valence-corrected chi connectivity index (χ3v) is 3.00. The van der Waals surface area contributed by atoms with Crippen LogP contribution in [0.25, 0.3) is 10.8 Å². The molecular formula is C9H6BrClNO+. The van der Waals surface area contributed by atoms with Gasteiger partial charge in [-0.15, -0.1) is 0 Å². The van der Waals surface area contributed by atoms with E-state index in [2.05, 4.69) is 15.9 Å². The first-order valence-electron chi connectivity index (χ1n) is 3.66. The molecule has 0 amide bonds. The number of rotatable bonds is 0. The average molecular weight is 260 g/mol. The maximum absolute atomic E-state index is 9.15. The molecule has 0 saturated carbocycles. The number of hydrogen-bond donors (Lipinski definition) is 1. The average Bonchev–Trinajstić information content (AvgIpc) is 2.08. The van der Waals surface area contributed by atoms with Crippen LogP contribution in [0.4, 0.5) is 0 Å². The summed E-state index contributed by atoms with van der Waals surface area (Å²) < 4.78 is 1.87. The molecule has 0 radical (unpaired) electrons. The summed E-state index contributed by atoms with van der Waals surface area (Å²) in [7, 11) is 0. The first-order valence-corrected chi connectivity index (χ1v) is 4.83. The lowest BCUT2D eigenvalue weighted by molar-refractivity contribution is -0.903. The highest BCUT2D eigenvalue weighted by molar-refractivity contribution is 9.10. The monoisotopic (exact) mass is 258 g/mol. The van der Waals surface area contributed by atoms with Gasteiger partial charge in [-0.2, -0.15) is 0 Å². The normalized spacial score (nSPS) is 10.6. The van der Waals surface area contributed by atoms with Crippen molar-refractivity contribution in [1.82, 2.24) is 0 Å². The minimum Gasteiger partial charge on any atom is -0.285 e. The van der Waals surface area contributed by atoms with Gasteiger partial charge in [0.2, 0.25) is 12.4 Å². The molecular weight excluding hydrogens is 253 g/mol. The smallest absolute Gasteiger partial charge is 0.230 e. The van der Waals surface area contributed by atoms with E-state index in [4.69, 9.17) is 16.8 Å². The molecule has 1 N–H and O–H groups in total. The van der Waals surface area contributed by atoms with Gasteiger partial charge in [-0.3, -0.25) is 5.21 Å². The van der Waals surface area contributed by atoms with Gasteiger partial charge in [0.05, 0.1) is 10.4 Å². The Morgan fingerprint density at radius 3 is 2.85 bits per heavy atom. The predicted molar refractivity (Wildman–Crippen MR) is 54.0 cm³/mol. The fourth-order valence-corrected chi connectivity index (χ4v) is 1.71. The maximum Gasteiger partial charge on any atom is 0.230 e. The molecule has 4 heteroatoms. The molecule has 0 aliphatic carbocycles. The van der Waals surface area contributed by atoms with Gasteiger partial charge in [-0.05, 0) is 33.4 Å². The van der Waals surface area contributed by atoms with Crippen LogP contribution in [0.1, 0.15) is 0 Å². The van der Waals surface area contributed by atoms with Gasteiger partial charge in [-0.1, -0.05) is 11.6 Å². The van der Waals surface area contributed by atoms with E-state index in [1.54, 1.807) is 18.5 Å². The molecule has 0 atom stereocenters. The van der Waals surface area contributed by atoms with Crippen molar-refractivity contribution in [3.05, 3.63) is 40.1 Å². The molecule has 1 aromatic carbocycles. The molecule has 1 heterocycles. The van der Waals surface area contributed by atoms with Crippen LogP contribution >= 0.6 is 27.5 Å². The van der Waals surface area contributed by atoms with Crippen molar-refractivity contribution in [3.63, 3.8) is 0 Å². The number of halogens is 2. The van der Waals surface area contributed by atoms with E-state index in [0.29, 0.717) is 5.02 Å². The van der Waals surface area contributed by atoms with E-state index in [9.17, 15) is 0 Å². The summed E-state index contributed by atoms with van der Waals surface area (Å²) in [6.07, 6.45) is 3.18. The lowest BCUT2D eigenvalue weighted by atomic mass is 10.2. The van der Waals surface area contributed by atoms with Crippen molar-refractivity contribution >= 4 is 38.3 Å². The minimum absolute atomic E-state index is 0.638. The number of nitrogens with zero attached hydrogens (tertiary/aromatic N) is 1. The van der Waals surface area contributed by atoms with E-state index in [1.807, 2.05) is 12.1 Å². The quantitative estimate of drug-likeness (QED) is 0.571. The van der Waals surface area contributed by atoms with Crippen LogP contribution in [-0.2, 0) is 0 Å². The molecule has 0 aliphatic heterocycles. The van der Waals surface area contributed by atoms with Crippen LogP contribution in [0.2, 0.25) is 5.02 Å². The van der Waals surface area contributed by atoms with Gasteiger partial charge < -0.3 is 0 Å². The minimum atomic E-state index is 0.638. The second kappa shape index (κ2) is 3.16. The molecule has 0 fully saturated rings. The predicted octanol–water partition coefficient (Wildman–Crippen LogP) is 2.78. The largest absolute Gasteiger partial charge is 0.285 e. The highest BCUT2D eigenvalue weighted by Gasteiger charge is 2.04. The van der Waals surface area contributed by atoms with Crippen molar-refractivity contribution in [2.75, 3.05) is 0 Å². The van der Waals surface area contributed by atoms with E-state index < -0.39 is 0 Å². The third-order valence-electron chi connectivity index (χ3n) is 1.80. The Morgan fingerprint density at radius 1 is 1.31 bits per heavy atom. The van der Waals surface area contributed by atoms with Gasteiger partial charge in [0, 0.05) is 15.3 Å². The number of hydrogen-bond acceptors (Lipinski definition) is 1. The molecule has 0 bridgehead atoms. The Labute approximate surface area is 88.5 Å². The molecule has 13 heavy (non-hydrogen) atoms. The number of aromatic nitrogens is 1. The molecule has 2 nitrogen and oxygen atoms in total. The number of fused-ring (bicyclic) bond motifs is 1. The van der Waals surface area contributed by atoms with Crippen molar-refractivity contribution in [1.29, 1.82) is 0 Å². The number of benzene rings is 1. The summed E-state index contributed by atoms with van der Waals surface area (Å²) >= 11 is 9.24. The second-order valence-corrected chi connectivity index (χ2v) is 3.98. The fraction of sp³-hybridized carbons (Fsp3) is 0. The molecule has 2 aromatic rings. The highest BCUT2D eigenvalue weighted by atomic mass is 79.9. The van der Waals surface area contributed by atoms with E-state index in [-0.39, 0.29) is 0 Å². The molecule has 0 aliphatic rings. The SMILES string of the molecule is O[n+]1ccc2cc(Br)c(Cl)cc2c1. The molecule has 2 rings (SSSR count). The summed E-state index contributed by atoms with van der Waals surface area (Å²) in [5.41, 5.74) is 0. The van der Waals surface area contributed by atoms with E-state index in [1.165, 1.54) is 0 Å². The maximum atomic E-state index is 9.15. The van der Waals surface area contributed by atoms with Crippen LogP contribution in [0, 0.1) is 0 Å². The summed E-state index contributed by atoms with van der Waals surface area (Å²) in [5.74, 6) is 0. The zero-order chi connectivity index (χ0) is 9.42. The molecule has 66 valence electrons. The Bertz CT molecular complexity index is 472. The van der Waals surface area contributed by atoms with Crippen molar-refractivity contribution in [3.8, 4) is 0 Å².